The number of anilines is 1. The molecule has 0 bridgehead atoms. The number of nitrogens with one attached hydrogen (secondary N) is 1. The van der Waals surface area contributed by atoms with Gasteiger partial charge in [-0.3, -0.25) is 0 Å². The normalized spacial score (nSPS) is 22.5. The van der Waals surface area contributed by atoms with Crippen LogP contribution >= 0.6 is 0 Å². The molecule has 1 aromatic rings. The Balaban J connectivity index is 1.87. The fraction of sp³-hybridized carbons (Fsp3) is 0.625. The van der Waals surface area contributed by atoms with Gasteiger partial charge in [-0.05, 0) is 29.9 Å². The lowest BCUT2D eigenvalue weighted by molar-refractivity contribution is 0.441. The molecular formula is C16H24N2. The minimum atomic E-state index is 0.866. The highest BCUT2D eigenvalue weighted by Crippen LogP contribution is 2.35. The van der Waals surface area contributed by atoms with Crippen molar-refractivity contribution in [1.29, 1.82) is 0 Å². The molecule has 0 fully saturated rings. The predicted octanol–water partition coefficient (Wildman–Crippen LogP) is 2.96. The second-order valence-electron chi connectivity index (χ2n) is 5.76. The average Bonchev–Trinajstić information content (AvgIpc) is 2.60. The van der Waals surface area contributed by atoms with Gasteiger partial charge in [-0.15, -0.1) is 0 Å². The van der Waals surface area contributed by atoms with Crippen molar-refractivity contribution in [3.05, 3.63) is 29.3 Å². The Morgan fingerprint density at radius 1 is 1.33 bits per heavy atom. The zero-order valence-corrected chi connectivity index (χ0v) is 11.4. The van der Waals surface area contributed by atoms with Crippen molar-refractivity contribution in [2.45, 2.75) is 39.2 Å². The van der Waals surface area contributed by atoms with Crippen LogP contribution in [0.15, 0.2) is 18.2 Å². The topological polar surface area (TPSA) is 15.3 Å². The average molecular weight is 244 g/mol. The van der Waals surface area contributed by atoms with Gasteiger partial charge in [-0.2, -0.15) is 0 Å². The van der Waals surface area contributed by atoms with Gasteiger partial charge in [0.05, 0.1) is 0 Å². The fourth-order valence-corrected chi connectivity index (χ4v) is 3.46. The number of benzene rings is 1. The van der Waals surface area contributed by atoms with E-state index in [0.29, 0.717) is 0 Å². The van der Waals surface area contributed by atoms with Crippen LogP contribution in [0, 0.1) is 5.92 Å². The molecule has 18 heavy (non-hydrogen) atoms. The number of rotatable bonds is 3. The highest BCUT2D eigenvalue weighted by Gasteiger charge is 2.26. The first-order valence-corrected chi connectivity index (χ1v) is 7.45. The van der Waals surface area contributed by atoms with Crippen molar-refractivity contribution in [1.82, 2.24) is 5.32 Å². The fourth-order valence-electron chi connectivity index (χ4n) is 3.46. The van der Waals surface area contributed by atoms with Gasteiger partial charge in [0.15, 0.2) is 0 Å². The first-order chi connectivity index (χ1) is 8.88. The summed E-state index contributed by atoms with van der Waals surface area (Å²) in [6, 6.07) is 6.87. The van der Waals surface area contributed by atoms with Crippen molar-refractivity contribution in [3.63, 3.8) is 0 Å². The van der Waals surface area contributed by atoms with Gasteiger partial charge in [-0.25, -0.2) is 0 Å². The molecule has 98 valence electrons. The first-order valence-electron chi connectivity index (χ1n) is 7.45. The van der Waals surface area contributed by atoms with E-state index in [1.165, 1.54) is 44.3 Å². The van der Waals surface area contributed by atoms with Crippen LogP contribution < -0.4 is 10.2 Å². The molecule has 2 heteroatoms. The molecule has 2 aliphatic rings. The minimum absolute atomic E-state index is 0.866. The van der Waals surface area contributed by atoms with Crippen LogP contribution in [0.2, 0.25) is 0 Å². The maximum absolute atomic E-state index is 3.54. The van der Waals surface area contributed by atoms with Crippen molar-refractivity contribution in [2.75, 3.05) is 24.5 Å². The second kappa shape index (κ2) is 5.31. The highest BCUT2D eigenvalue weighted by molar-refractivity contribution is 5.62. The number of para-hydroxylation sites is 1. The molecule has 1 atom stereocenters. The summed E-state index contributed by atoms with van der Waals surface area (Å²) in [7, 11) is 0. The zero-order chi connectivity index (χ0) is 12.4. The molecule has 0 aliphatic carbocycles. The largest absolute Gasteiger partial charge is 0.369 e. The Kier molecular flexibility index (Phi) is 3.55. The smallest absolute Gasteiger partial charge is 0.0445 e. The van der Waals surface area contributed by atoms with Crippen LogP contribution in [0.4, 0.5) is 5.69 Å². The van der Waals surface area contributed by atoms with Crippen LogP contribution in [-0.2, 0) is 13.0 Å². The molecule has 0 saturated carbocycles. The molecule has 1 aromatic carbocycles. The zero-order valence-electron chi connectivity index (χ0n) is 11.4. The summed E-state index contributed by atoms with van der Waals surface area (Å²) in [5.41, 5.74) is 4.64. The van der Waals surface area contributed by atoms with E-state index in [0.717, 1.165) is 19.0 Å². The van der Waals surface area contributed by atoms with Crippen molar-refractivity contribution < 1.29 is 0 Å². The van der Waals surface area contributed by atoms with Gasteiger partial charge in [0.2, 0.25) is 0 Å². The molecule has 1 N–H and O–H groups in total. The number of nitrogens with zero attached hydrogens (tertiary/aromatic N) is 1. The Bertz CT molecular complexity index is 414. The van der Waals surface area contributed by atoms with Crippen LogP contribution in [0.1, 0.15) is 37.3 Å². The summed E-state index contributed by atoms with van der Waals surface area (Å²) in [5.74, 6) is 0.866. The molecule has 2 heterocycles. The quantitative estimate of drug-likeness (QED) is 0.879. The summed E-state index contributed by atoms with van der Waals surface area (Å²) >= 11 is 0. The molecule has 0 aromatic heterocycles. The molecule has 0 amide bonds. The summed E-state index contributed by atoms with van der Waals surface area (Å²) < 4.78 is 0. The molecule has 0 saturated heterocycles. The van der Waals surface area contributed by atoms with E-state index in [1.54, 1.807) is 11.3 Å². The predicted molar refractivity (Wildman–Crippen MR) is 77.1 cm³/mol. The summed E-state index contributed by atoms with van der Waals surface area (Å²) in [5, 5.41) is 3.54. The van der Waals surface area contributed by atoms with Gasteiger partial charge >= 0.3 is 0 Å². The lowest BCUT2D eigenvalue weighted by Gasteiger charge is -2.36. The van der Waals surface area contributed by atoms with Crippen LogP contribution in [0.25, 0.3) is 0 Å². The second-order valence-corrected chi connectivity index (χ2v) is 5.76. The molecule has 2 aliphatic heterocycles. The number of hydrogen-bond donors (Lipinski definition) is 1. The van der Waals surface area contributed by atoms with E-state index in [2.05, 4.69) is 35.3 Å². The molecular weight excluding hydrogens is 220 g/mol. The Labute approximate surface area is 110 Å². The van der Waals surface area contributed by atoms with E-state index >= 15 is 0 Å². The Morgan fingerprint density at radius 3 is 3.11 bits per heavy atom. The first kappa shape index (κ1) is 12.0. The Morgan fingerprint density at radius 2 is 2.22 bits per heavy atom. The lowest BCUT2D eigenvalue weighted by atomic mass is 9.87. The van der Waals surface area contributed by atoms with Gasteiger partial charge in [0.25, 0.3) is 0 Å². The third-order valence-electron chi connectivity index (χ3n) is 4.35. The third-order valence-corrected chi connectivity index (χ3v) is 4.35. The van der Waals surface area contributed by atoms with Crippen molar-refractivity contribution >= 4 is 5.69 Å². The molecule has 0 spiro atoms. The summed E-state index contributed by atoms with van der Waals surface area (Å²) in [6.45, 7) is 6.90. The molecule has 0 unspecified atom stereocenters. The maximum Gasteiger partial charge on any atom is 0.0445 e. The molecule has 3 rings (SSSR count). The summed E-state index contributed by atoms with van der Waals surface area (Å²) in [4.78, 5) is 2.63. The Hall–Kier alpha value is -1.02. The summed E-state index contributed by atoms with van der Waals surface area (Å²) in [6.07, 6.45) is 5.39. The highest BCUT2D eigenvalue weighted by atomic mass is 15.2. The van der Waals surface area contributed by atoms with E-state index in [4.69, 9.17) is 0 Å². The maximum atomic E-state index is 3.54. The van der Waals surface area contributed by atoms with E-state index in [-0.39, 0.29) is 0 Å². The van der Waals surface area contributed by atoms with E-state index in [1.807, 2.05) is 0 Å². The lowest BCUT2D eigenvalue weighted by Crippen LogP contribution is -2.37. The van der Waals surface area contributed by atoms with Gasteiger partial charge in [0.1, 0.15) is 0 Å². The monoisotopic (exact) mass is 244 g/mol. The van der Waals surface area contributed by atoms with Crippen LogP contribution in [-0.4, -0.2) is 19.6 Å². The number of hydrogen-bond acceptors (Lipinski definition) is 2. The van der Waals surface area contributed by atoms with Crippen LogP contribution in [0.3, 0.4) is 0 Å². The molecule has 0 radical (unpaired) electrons. The SMILES string of the molecule is CCCC[C@@H]1Cc2cccc3c2N(CCNC3)C1. The van der Waals surface area contributed by atoms with Crippen LogP contribution in [0.5, 0.6) is 0 Å². The third kappa shape index (κ3) is 2.26. The van der Waals surface area contributed by atoms with E-state index in [9.17, 15) is 0 Å². The van der Waals surface area contributed by atoms with E-state index < -0.39 is 0 Å². The van der Waals surface area contributed by atoms with Gasteiger partial charge in [-0.1, -0.05) is 38.0 Å². The van der Waals surface area contributed by atoms with Crippen molar-refractivity contribution in [3.8, 4) is 0 Å². The minimum Gasteiger partial charge on any atom is -0.369 e. The standard InChI is InChI=1S/C16H24N2/c1-2-3-5-13-10-14-6-4-7-15-11-17-8-9-18(12-13)16(14)15/h4,6-7,13,17H,2-3,5,8-12H2,1H3/t13-/m1/s1. The van der Waals surface area contributed by atoms with Gasteiger partial charge < -0.3 is 10.2 Å². The van der Waals surface area contributed by atoms with Gasteiger partial charge in [0, 0.05) is 31.9 Å². The number of unbranched alkanes of at least 4 members (excludes halogenated alkanes) is 1. The van der Waals surface area contributed by atoms with Crippen molar-refractivity contribution in [2.24, 2.45) is 5.92 Å². The molecule has 2 nitrogen and oxygen atoms in total.